The van der Waals surface area contributed by atoms with Crippen molar-refractivity contribution in [2.45, 2.75) is 0 Å². The first kappa shape index (κ1) is 12.0. The van der Waals surface area contributed by atoms with Gasteiger partial charge in [0.05, 0.1) is 5.52 Å². The van der Waals surface area contributed by atoms with Crippen LogP contribution in [0, 0.1) is 0 Å². The zero-order valence-corrected chi connectivity index (χ0v) is 9.91. The number of hydrogen-bond donors (Lipinski definition) is 2. The molecule has 0 spiro atoms. The van der Waals surface area contributed by atoms with Crippen LogP contribution in [-0.4, -0.2) is 45.9 Å². The average Bonchev–Trinajstić information content (AvgIpc) is 2.65. The monoisotopic (exact) mass is 248 g/mol. The van der Waals surface area contributed by atoms with E-state index in [2.05, 4.69) is 0 Å². The van der Waals surface area contributed by atoms with Gasteiger partial charge in [-0.05, 0) is 18.2 Å². The summed E-state index contributed by atoms with van der Waals surface area (Å²) in [6.07, 6.45) is 0. The minimum Gasteiger partial charge on any atom is -0.476 e. The summed E-state index contributed by atoms with van der Waals surface area (Å²) >= 11 is 0. The maximum absolute atomic E-state index is 11.8. The maximum atomic E-state index is 11.8. The lowest BCUT2D eigenvalue weighted by Gasteiger charge is -2.10. The van der Waals surface area contributed by atoms with Crippen LogP contribution in [0.1, 0.15) is 20.8 Å². The SMILES string of the molecule is CN(C)C(=O)c1ccc2cc(C(=O)O)n(O)c2c1. The molecule has 1 aromatic carbocycles. The van der Waals surface area contributed by atoms with Crippen LogP contribution in [-0.2, 0) is 0 Å². The number of aromatic nitrogens is 1. The summed E-state index contributed by atoms with van der Waals surface area (Å²) in [6, 6.07) is 6.01. The van der Waals surface area contributed by atoms with E-state index in [1.807, 2.05) is 0 Å². The van der Waals surface area contributed by atoms with Gasteiger partial charge >= 0.3 is 5.97 Å². The van der Waals surface area contributed by atoms with E-state index in [0.717, 1.165) is 0 Å². The Morgan fingerprint density at radius 3 is 2.44 bits per heavy atom. The first-order chi connectivity index (χ1) is 8.41. The van der Waals surface area contributed by atoms with E-state index in [4.69, 9.17) is 5.11 Å². The van der Waals surface area contributed by atoms with Crippen LogP contribution in [0.2, 0.25) is 0 Å². The number of carboxylic acids is 1. The molecule has 0 radical (unpaired) electrons. The van der Waals surface area contributed by atoms with Gasteiger partial charge in [-0.15, -0.1) is 0 Å². The second-order valence-electron chi connectivity index (χ2n) is 4.12. The molecule has 0 aliphatic rings. The van der Waals surface area contributed by atoms with E-state index in [0.29, 0.717) is 21.2 Å². The summed E-state index contributed by atoms with van der Waals surface area (Å²) in [5, 5.41) is 19.2. The van der Waals surface area contributed by atoms with Crippen LogP contribution in [0.4, 0.5) is 0 Å². The van der Waals surface area contributed by atoms with Gasteiger partial charge in [0.15, 0.2) is 5.69 Å². The first-order valence-electron chi connectivity index (χ1n) is 5.21. The van der Waals surface area contributed by atoms with Gasteiger partial charge in [-0.2, -0.15) is 4.73 Å². The quantitative estimate of drug-likeness (QED) is 0.784. The topological polar surface area (TPSA) is 82.8 Å². The standard InChI is InChI=1S/C12H12N2O4/c1-13(2)11(15)8-4-3-7-5-10(12(16)17)14(18)9(7)6-8/h3-6,18H,1-2H3,(H,16,17). The van der Waals surface area contributed by atoms with Crippen LogP contribution in [0.15, 0.2) is 24.3 Å². The summed E-state index contributed by atoms with van der Waals surface area (Å²) in [4.78, 5) is 24.0. The van der Waals surface area contributed by atoms with Crippen molar-refractivity contribution in [1.29, 1.82) is 0 Å². The van der Waals surface area contributed by atoms with Gasteiger partial charge in [-0.3, -0.25) is 4.79 Å². The minimum absolute atomic E-state index is 0.213. The van der Waals surface area contributed by atoms with E-state index >= 15 is 0 Å². The minimum atomic E-state index is -1.23. The second kappa shape index (κ2) is 4.06. The third-order valence-electron chi connectivity index (χ3n) is 2.65. The molecule has 0 saturated heterocycles. The van der Waals surface area contributed by atoms with Gasteiger partial charge in [-0.25, -0.2) is 4.79 Å². The van der Waals surface area contributed by atoms with Crippen molar-refractivity contribution >= 4 is 22.8 Å². The van der Waals surface area contributed by atoms with Crippen molar-refractivity contribution in [3.63, 3.8) is 0 Å². The molecule has 0 atom stereocenters. The van der Waals surface area contributed by atoms with Crippen LogP contribution >= 0.6 is 0 Å². The summed E-state index contributed by atoms with van der Waals surface area (Å²) in [7, 11) is 3.24. The summed E-state index contributed by atoms with van der Waals surface area (Å²) in [5.41, 5.74) is 0.442. The molecule has 6 heteroatoms. The molecule has 0 saturated carbocycles. The highest BCUT2D eigenvalue weighted by Gasteiger charge is 2.16. The first-order valence-corrected chi connectivity index (χ1v) is 5.21. The Bertz CT molecular complexity index is 643. The fourth-order valence-electron chi connectivity index (χ4n) is 1.73. The molecule has 2 aromatic rings. The number of amides is 1. The molecular formula is C12H12N2O4. The van der Waals surface area contributed by atoms with Crippen molar-refractivity contribution in [3.05, 3.63) is 35.5 Å². The molecule has 94 valence electrons. The molecule has 2 N–H and O–H groups in total. The molecule has 0 aliphatic carbocycles. The highest BCUT2D eigenvalue weighted by atomic mass is 16.5. The van der Waals surface area contributed by atoms with Crippen molar-refractivity contribution in [2.75, 3.05) is 14.1 Å². The molecule has 1 aromatic heterocycles. The Hall–Kier alpha value is -2.50. The average molecular weight is 248 g/mol. The van der Waals surface area contributed by atoms with Crippen molar-refractivity contribution in [3.8, 4) is 0 Å². The van der Waals surface area contributed by atoms with Crippen LogP contribution in [0.25, 0.3) is 10.9 Å². The lowest BCUT2D eigenvalue weighted by Crippen LogP contribution is -2.21. The van der Waals surface area contributed by atoms with Gasteiger partial charge in [0.2, 0.25) is 0 Å². The second-order valence-corrected chi connectivity index (χ2v) is 4.12. The van der Waals surface area contributed by atoms with Crippen molar-refractivity contribution < 1.29 is 19.9 Å². The van der Waals surface area contributed by atoms with Crippen LogP contribution < -0.4 is 0 Å². The zero-order valence-electron chi connectivity index (χ0n) is 9.91. The number of carbonyl (C=O) groups is 2. The predicted molar refractivity (Wildman–Crippen MR) is 64.1 cm³/mol. The number of carboxylic acid groups (broad SMARTS) is 1. The zero-order chi connectivity index (χ0) is 13.4. The van der Waals surface area contributed by atoms with Crippen LogP contribution in [0.3, 0.4) is 0 Å². The molecular weight excluding hydrogens is 236 g/mol. The number of nitrogens with zero attached hydrogens (tertiary/aromatic N) is 2. The predicted octanol–water partition coefficient (Wildman–Crippen LogP) is 1.28. The fraction of sp³-hybridized carbons (Fsp3) is 0.167. The Kier molecular flexibility index (Phi) is 2.70. The molecule has 1 heterocycles. The Morgan fingerprint density at radius 2 is 1.89 bits per heavy atom. The third-order valence-corrected chi connectivity index (χ3v) is 2.65. The maximum Gasteiger partial charge on any atom is 0.356 e. The Balaban J connectivity index is 2.61. The third kappa shape index (κ3) is 1.77. The van der Waals surface area contributed by atoms with E-state index < -0.39 is 5.97 Å². The van der Waals surface area contributed by atoms with E-state index in [1.54, 1.807) is 26.2 Å². The Morgan fingerprint density at radius 1 is 1.22 bits per heavy atom. The number of aromatic carboxylic acids is 1. The van der Waals surface area contributed by atoms with Crippen molar-refractivity contribution in [2.24, 2.45) is 0 Å². The molecule has 18 heavy (non-hydrogen) atoms. The smallest absolute Gasteiger partial charge is 0.356 e. The normalized spacial score (nSPS) is 10.6. The molecule has 0 bridgehead atoms. The van der Waals surface area contributed by atoms with Gasteiger partial charge in [0.1, 0.15) is 0 Å². The number of carbonyl (C=O) groups excluding carboxylic acids is 1. The largest absolute Gasteiger partial charge is 0.476 e. The summed E-state index contributed by atoms with van der Waals surface area (Å²) < 4.78 is 0.574. The molecule has 0 unspecified atom stereocenters. The fourth-order valence-corrected chi connectivity index (χ4v) is 1.73. The highest BCUT2D eigenvalue weighted by molar-refractivity contribution is 6.00. The Labute approximate surface area is 103 Å². The summed E-state index contributed by atoms with van der Waals surface area (Å²) in [5.74, 6) is -1.44. The van der Waals surface area contributed by atoms with E-state index in [9.17, 15) is 14.8 Å². The lowest BCUT2D eigenvalue weighted by molar-refractivity contribution is 0.0649. The summed E-state index contributed by atoms with van der Waals surface area (Å²) in [6.45, 7) is 0. The lowest BCUT2D eigenvalue weighted by atomic mass is 10.1. The highest BCUT2D eigenvalue weighted by Crippen LogP contribution is 2.20. The number of hydrogen-bond acceptors (Lipinski definition) is 3. The van der Waals surface area contributed by atoms with Crippen molar-refractivity contribution in [1.82, 2.24) is 9.63 Å². The van der Waals surface area contributed by atoms with Gasteiger partial charge < -0.3 is 15.2 Å². The number of rotatable bonds is 2. The molecule has 6 nitrogen and oxygen atoms in total. The molecule has 0 aliphatic heterocycles. The van der Waals surface area contributed by atoms with E-state index in [-0.39, 0.29) is 11.6 Å². The molecule has 2 rings (SSSR count). The van der Waals surface area contributed by atoms with E-state index in [1.165, 1.54) is 17.0 Å². The van der Waals surface area contributed by atoms with Gasteiger partial charge in [-0.1, -0.05) is 6.07 Å². The molecule has 0 fully saturated rings. The number of benzene rings is 1. The van der Waals surface area contributed by atoms with Crippen LogP contribution in [0.5, 0.6) is 0 Å². The molecule has 1 amide bonds. The number of fused-ring (bicyclic) bond motifs is 1. The van der Waals surface area contributed by atoms with Gasteiger partial charge in [0.25, 0.3) is 5.91 Å². The van der Waals surface area contributed by atoms with Gasteiger partial charge in [0, 0.05) is 25.0 Å².